The van der Waals surface area contributed by atoms with Gasteiger partial charge in [-0.1, -0.05) is 41.9 Å². The molecule has 3 aromatic rings. The number of hydrogen-bond donors (Lipinski definition) is 1. The van der Waals surface area contributed by atoms with Crippen molar-refractivity contribution in [1.29, 1.82) is 0 Å². The lowest BCUT2D eigenvalue weighted by Gasteiger charge is -2.45. The highest BCUT2D eigenvalue weighted by Gasteiger charge is 2.44. The van der Waals surface area contributed by atoms with E-state index in [0.717, 1.165) is 16.9 Å². The first kappa shape index (κ1) is 15.0. The predicted octanol–water partition coefficient (Wildman–Crippen LogP) is 3.07. The van der Waals surface area contributed by atoms with E-state index in [1.807, 2.05) is 40.9 Å². The zero-order valence-electron chi connectivity index (χ0n) is 12.7. The Hall–Kier alpha value is -2.60. The monoisotopic (exact) mass is 342 g/mol. The van der Waals surface area contributed by atoms with Crippen LogP contribution in [0.5, 0.6) is 0 Å². The molecule has 6 nitrogen and oxygen atoms in total. The van der Waals surface area contributed by atoms with Crippen molar-refractivity contribution in [1.82, 2.24) is 19.3 Å². The number of likely N-dealkylation sites (tertiary alicyclic amines) is 1. The lowest BCUT2D eigenvalue weighted by Crippen LogP contribution is -2.58. The van der Waals surface area contributed by atoms with Gasteiger partial charge in [-0.25, -0.2) is 14.8 Å². The Morgan fingerprint density at radius 1 is 1.29 bits per heavy atom. The maximum atomic E-state index is 11.5. The van der Waals surface area contributed by atoms with E-state index >= 15 is 0 Å². The molecule has 0 bridgehead atoms. The van der Waals surface area contributed by atoms with Gasteiger partial charge >= 0.3 is 6.09 Å². The smallest absolute Gasteiger partial charge is 0.407 e. The molecule has 0 radical (unpaired) electrons. The summed E-state index contributed by atoms with van der Waals surface area (Å²) < 4.78 is 1.90. The molecule has 1 aromatic carbocycles. The van der Waals surface area contributed by atoms with Crippen LogP contribution in [0.25, 0.3) is 5.52 Å². The van der Waals surface area contributed by atoms with Crippen LogP contribution in [-0.4, -0.2) is 43.1 Å². The van der Waals surface area contributed by atoms with Crippen LogP contribution in [0.3, 0.4) is 0 Å². The minimum atomic E-state index is -0.896. The molecule has 0 spiro atoms. The van der Waals surface area contributed by atoms with Gasteiger partial charge in [-0.2, -0.15) is 0 Å². The molecule has 1 fully saturated rings. The molecule has 7 heteroatoms. The highest BCUT2D eigenvalue weighted by atomic mass is 35.5. The molecular weight excluding hydrogens is 328 g/mol. The third-order valence-electron chi connectivity index (χ3n) is 4.56. The highest BCUT2D eigenvalue weighted by Crippen LogP contribution is 2.36. The Bertz CT molecular complexity index is 896. The topological polar surface area (TPSA) is 70.7 Å². The normalized spacial score (nSPS) is 20.1. The summed E-state index contributed by atoms with van der Waals surface area (Å²) in [7, 11) is 0. The van der Waals surface area contributed by atoms with Gasteiger partial charge in [0.05, 0.1) is 18.2 Å². The van der Waals surface area contributed by atoms with Crippen molar-refractivity contribution in [3.05, 3.63) is 65.5 Å². The second-order valence-corrected chi connectivity index (χ2v) is 6.25. The first-order valence-electron chi connectivity index (χ1n) is 7.66. The van der Waals surface area contributed by atoms with Gasteiger partial charge in [-0.05, 0) is 12.0 Å². The number of halogens is 1. The molecule has 24 heavy (non-hydrogen) atoms. The lowest BCUT2D eigenvalue weighted by molar-refractivity contribution is 0.0530. The highest BCUT2D eigenvalue weighted by molar-refractivity contribution is 6.32. The fourth-order valence-corrected chi connectivity index (χ4v) is 3.52. The minimum Gasteiger partial charge on any atom is -0.465 e. The number of hydrogen-bond acceptors (Lipinski definition) is 3. The number of fused-ring (bicyclic) bond motifs is 1. The molecule has 2 atom stereocenters. The number of nitrogens with zero attached hydrogens (tertiary/aromatic N) is 4. The maximum absolute atomic E-state index is 11.5. The van der Waals surface area contributed by atoms with Gasteiger partial charge < -0.3 is 10.0 Å². The molecule has 2 aromatic heterocycles. The Morgan fingerprint density at radius 2 is 2.08 bits per heavy atom. The molecule has 0 saturated carbocycles. The Balaban J connectivity index is 1.68. The van der Waals surface area contributed by atoms with E-state index in [1.165, 1.54) is 4.90 Å². The number of carbonyl (C=O) groups is 1. The number of aromatic nitrogens is 3. The van der Waals surface area contributed by atoms with Gasteiger partial charge in [0.15, 0.2) is 5.15 Å². The van der Waals surface area contributed by atoms with Crippen LogP contribution in [-0.2, 0) is 6.42 Å². The molecule has 1 aliphatic rings. The van der Waals surface area contributed by atoms with Gasteiger partial charge in [-0.15, -0.1) is 0 Å². The maximum Gasteiger partial charge on any atom is 0.407 e. The number of imidazole rings is 1. The van der Waals surface area contributed by atoms with Crippen LogP contribution in [0.2, 0.25) is 5.15 Å². The molecule has 1 N–H and O–H groups in total. The third kappa shape index (κ3) is 2.39. The van der Waals surface area contributed by atoms with Crippen LogP contribution < -0.4 is 0 Å². The Labute approximate surface area is 143 Å². The summed E-state index contributed by atoms with van der Waals surface area (Å²) in [6.45, 7) is 0.436. The van der Waals surface area contributed by atoms with Crippen molar-refractivity contribution in [2.75, 3.05) is 6.54 Å². The van der Waals surface area contributed by atoms with Crippen LogP contribution in [0.1, 0.15) is 17.3 Å². The van der Waals surface area contributed by atoms with E-state index in [4.69, 9.17) is 11.6 Å². The van der Waals surface area contributed by atoms with Gasteiger partial charge in [0.1, 0.15) is 11.3 Å². The first-order valence-corrected chi connectivity index (χ1v) is 8.04. The van der Waals surface area contributed by atoms with Crippen LogP contribution in [0.15, 0.2) is 48.9 Å². The van der Waals surface area contributed by atoms with Crippen molar-refractivity contribution < 1.29 is 9.90 Å². The average Bonchev–Trinajstić information content (AvgIpc) is 2.98. The second-order valence-electron chi connectivity index (χ2n) is 5.89. The van der Waals surface area contributed by atoms with E-state index in [0.29, 0.717) is 18.1 Å². The summed E-state index contributed by atoms with van der Waals surface area (Å²) >= 11 is 6.11. The van der Waals surface area contributed by atoms with E-state index < -0.39 is 6.09 Å². The van der Waals surface area contributed by atoms with E-state index in [9.17, 15) is 9.90 Å². The van der Waals surface area contributed by atoms with Gasteiger partial charge in [-0.3, -0.25) is 4.40 Å². The van der Waals surface area contributed by atoms with Crippen molar-refractivity contribution in [3.8, 4) is 0 Å². The Kier molecular flexibility index (Phi) is 3.61. The van der Waals surface area contributed by atoms with Gasteiger partial charge in [0.2, 0.25) is 0 Å². The molecule has 0 aliphatic carbocycles. The third-order valence-corrected chi connectivity index (χ3v) is 4.85. The molecule has 1 saturated heterocycles. The van der Waals surface area contributed by atoms with E-state index in [1.54, 1.807) is 12.4 Å². The van der Waals surface area contributed by atoms with Crippen molar-refractivity contribution >= 4 is 23.2 Å². The minimum absolute atomic E-state index is 0.0299. The SMILES string of the molecule is O=C(O)N1CC(c2ncc3c(Cl)nccn23)C1Cc1ccccc1. The molecular formula is C17H15ClN4O2. The summed E-state index contributed by atoms with van der Waals surface area (Å²) in [5.41, 5.74) is 1.85. The summed E-state index contributed by atoms with van der Waals surface area (Å²) in [6, 6.07) is 9.77. The lowest BCUT2D eigenvalue weighted by atomic mass is 9.83. The Morgan fingerprint density at radius 3 is 2.83 bits per heavy atom. The number of rotatable bonds is 3. The first-order chi connectivity index (χ1) is 11.6. The summed E-state index contributed by atoms with van der Waals surface area (Å²) in [6.07, 6.45) is 4.89. The fourth-order valence-electron chi connectivity index (χ4n) is 3.32. The van der Waals surface area contributed by atoms with E-state index in [2.05, 4.69) is 9.97 Å². The van der Waals surface area contributed by atoms with E-state index in [-0.39, 0.29) is 12.0 Å². The quantitative estimate of drug-likeness (QED) is 0.794. The standard InChI is InChI=1S/C17H15ClN4O2/c18-15-14-9-20-16(21(14)7-6-19-15)12-10-22(17(23)24)13(12)8-11-4-2-1-3-5-11/h1-7,9,12-13H,8,10H2,(H,23,24). The summed E-state index contributed by atoms with van der Waals surface area (Å²) in [5.74, 6) is 0.856. The largest absolute Gasteiger partial charge is 0.465 e. The molecule has 1 amide bonds. The summed E-state index contributed by atoms with van der Waals surface area (Å²) in [5, 5.41) is 9.82. The molecule has 4 rings (SSSR count). The van der Waals surface area contributed by atoms with Crippen LogP contribution in [0, 0.1) is 0 Å². The zero-order valence-corrected chi connectivity index (χ0v) is 13.5. The van der Waals surface area contributed by atoms with Crippen LogP contribution in [0.4, 0.5) is 4.79 Å². The molecule has 3 heterocycles. The van der Waals surface area contributed by atoms with Crippen molar-refractivity contribution in [3.63, 3.8) is 0 Å². The van der Waals surface area contributed by atoms with Gasteiger partial charge in [0, 0.05) is 18.9 Å². The summed E-state index contributed by atoms with van der Waals surface area (Å²) in [4.78, 5) is 21.5. The van der Waals surface area contributed by atoms with Crippen molar-refractivity contribution in [2.24, 2.45) is 0 Å². The van der Waals surface area contributed by atoms with Crippen molar-refractivity contribution in [2.45, 2.75) is 18.4 Å². The number of amides is 1. The fraction of sp³-hybridized carbons (Fsp3) is 0.235. The molecule has 122 valence electrons. The number of benzene rings is 1. The average molecular weight is 343 g/mol. The predicted molar refractivity (Wildman–Crippen MR) is 89.4 cm³/mol. The molecule has 1 aliphatic heterocycles. The van der Waals surface area contributed by atoms with Gasteiger partial charge in [0.25, 0.3) is 0 Å². The zero-order chi connectivity index (χ0) is 16.7. The molecule has 2 unspecified atom stereocenters. The second kappa shape index (κ2) is 5.79. The van der Waals surface area contributed by atoms with Crippen LogP contribution >= 0.6 is 11.6 Å². The number of carboxylic acid groups (broad SMARTS) is 1.